The van der Waals surface area contributed by atoms with E-state index in [0.29, 0.717) is 5.56 Å². The Labute approximate surface area is 87.4 Å². The molecule has 0 fully saturated rings. The highest BCUT2D eigenvalue weighted by molar-refractivity contribution is 5.95. The first-order valence-corrected chi connectivity index (χ1v) is 4.82. The molecule has 0 spiro atoms. The SMILES string of the molecule is CCc1cncc2cc(C(=O)O)ccc12. The number of benzene rings is 1. The van der Waals surface area contributed by atoms with E-state index in [-0.39, 0.29) is 0 Å². The van der Waals surface area contributed by atoms with Crippen LogP contribution in [0.1, 0.15) is 22.8 Å². The van der Waals surface area contributed by atoms with Gasteiger partial charge in [-0.2, -0.15) is 0 Å². The molecule has 0 aliphatic rings. The van der Waals surface area contributed by atoms with Gasteiger partial charge in [0.05, 0.1) is 5.56 Å². The minimum atomic E-state index is -0.904. The third kappa shape index (κ3) is 1.68. The lowest BCUT2D eigenvalue weighted by atomic mass is 10.0. The summed E-state index contributed by atoms with van der Waals surface area (Å²) in [7, 11) is 0. The lowest BCUT2D eigenvalue weighted by molar-refractivity contribution is 0.0697. The Bertz CT molecular complexity index is 520. The van der Waals surface area contributed by atoms with Gasteiger partial charge in [-0.1, -0.05) is 13.0 Å². The van der Waals surface area contributed by atoms with Crippen LogP contribution in [0.25, 0.3) is 10.8 Å². The third-order valence-corrected chi connectivity index (χ3v) is 2.47. The highest BCUT2D eigenvalue weighted by Crippen LogP contribution is 2.19. The third-order valence-electron chi connectivity index (χ3n) is 2.47. The van der Waals surface area contributed by atoms with Gasteiger partial charge in [0, 0.05) is 17.8 Å². The minimum Gasteiger partial charge on any atom is -0.478 e. The van der Waals surface area contributed by atoms with E-state index in [0.717, 1.165) is 22.8 Å². The number of carboxylic acid groups (broad SMARTS) is 1. The predicted molar refractivity (Wildman–Crippen MR) is 58.1 cm³/mol. The molecule has 0 saturated carbocycles. The number of hydrogen-bond acceptors (Lipinski definition) is 2. The van der Waals surface area contributed by atoms with Crippen molar-refractivity contribution in [3.8, 4) is 0 Å². The van der Waals surface area contributed by atoms with Crippen molar-refractivity contribution in [1.29, 1.82) is 0 Å². The van der Waals surface area contributed by atoms with Crippen LogP contribution in [-0.4, -0.2) is 16.1 Å². The van der Waals surface area contributed by atoms with Crippen LogP contribution in [0.3, 0.4) is 0 Å². The van der Waals surface area contributed by atoms with Gasteiger partial charge < -0.3 is 5.11 Å². The Hall–Kier alpha value is -1.90. The van der Waals surface area contributed by atoms with Crippen molar-refractivity contribution in [3.05, 3.63) is 41.7 Å². The van der Waals surface area contributed by atoms with Crippen LogP contribution in [-0.2, 0) is 6.42 Å². The Morgan fingerprint density at radius 2 is 2.20 bits per heavy atom. The van der Waals surface area contributed by atoms with Crippen LogP contribution in [0, 0.1) is 0 Å². The number of hydrogen-bond donors (Lipinski definition) is 1. The quantitative estimate of drug-likeness (QED) is 0.812. The van der Waals surface area contributed by atoms with Crippen molar-refractivity contribution >= 4 is 16.7 Å². The monoisotopic (exact) mass is 201 g/mol. The number of pyridine rings is 1. The summed E-state index contributed by atoms with van der Waals surface area (Å²) in [5, 5.41) is 10.8. The second kappa shape index (κ2) is 3.69. The first-order valence-electron chi connectivity index (χ1n) is 4.82. The average Bonchev–Trinajstić information content (AvgIpc) is 2.27. The van der Waals surface area contributed by atoms with Crippen molar-refractivity contribution in [2.45, 2.75) is 13.3 Å². The highest BCUT2D eigenvalue weighted by atomic mass is 16.4. The molecule has 15 heavy (non-hydrogen) atoms. The molecular weight excluding hydrogens is 190 g/mol. The number of nitrogens with zero attached hydrogens (tertiary/aromatic N) is 1. The highest BCUT2D eigenvalue weighted by Gasteiger charge is 2.05. The van der Waals surface area contributed by atoms with Gasteiger partial charge in [0.15, 0.2) is 0 Å². The van der Waals surface area contributed by atoms with E-state index in [1.54, 1.807) is 18.3 Å². The molecule has 0 atom stereocenters. The van der Waals surface area contributed by atoms with E-state index >= 15 is 0 Å². The maximum absolute atomic E-state index is 10.8. The molecule has 0 aliphatic carbocycles. The number of aryl methyl sites for hydroxylation is 1. The smallest absolute Gasteiger partial charge is 0.335 e. The molecule has 1 aromatic heterocycles. The number of aromatic carboxylic acids is 1. The van der Waals surface area contributed by atoms with E-state index in [2.05, 4.69) is 11.9 Å². The van der Waals surface area contributed by atoms with E-state index in [4.69, 9.17) is 5.11 Å². The Kier molecular flexibility index (Phi) is 2.37. The molecule has 3 nitrogen and oxygen atoms in total. The molecule has 0 amide bonds. The van der Waals surface area contributed by atoms with Crippen LogP contribution >= 0.6 is 0 Å². The van der Waals surface area contributed by atoms with Gasteiger partial charge in [0.1, 0.15) is 0 Å². The van der Waals surface area contributed by atoms with Crippen molar-refractivity contribution in [2.24, 2.45) is 0 Å². The lowest BCUT2D eigenvalue weighted by Gasteiger charge is -2.03. The van der Waals surface area contributed by atoms with Crippen molar-refractivity contribution in [1.82, 2.24) is 4.98 Å². The van der Waals surface area contributed by atoms with E-state index < -0.39 is 5.97 Å². The first-order chi connectivity index (χ1) is 7.22. The molecule has 76 valence electrons. The largest absolute Gasteiger partial charge is 0.478 e. The summed E-state index contributed by atoms with van der Waals surface area (Å²) < 4.78 is 0. The van der Waals surface area contributed by atoms with Gasteiger partial charge in [-0.25, -0.2) is 4.79 Å². The fraction of sp³-hybridized carbons (Fsp3) is 0.167. The molecule has 1 N–H and O–H groups in total. The second-order valence-corrected chi connectivity index (χ2v) is 3.39. The Morgan fingerprint density at radius 3 is 2.87 bits per heavy atom. The molecule has 0 radical (unpaired) electrons. The van der Waals surface area contributed by atoms with E-state index in [1.807, 2.05) is 12.3 Å². The van der Waals surface area contributed by atoms with E-state index in [9.17, 15) is 4.79 Å². The molecule has 1 aromatic carbocycles. The van der Waals surface area contributed by atoms with Crippen LogP contribution in [0.2, 0.25) is 0 Å². The zero-order valence-electron chi connectivity index (χ0n) is 8.40. The number of rotatable bonds is 2. The van der Waals surface area contributed by atoms with Gasteiger partial charge in [0.2, 0.25) is 0 Å². The molecule has 2 rings (SSSR count). The Balaban J connectivity index is 2.69. The second-order valence-electron chi connectivity index (χ2n) is 3.39. The van der Waals surface area contributed by atoms with Crippen molar-refractivity contribution < 1.29 is 9.90 Å². The number of aromatic nitrogens is 1. The van der Waals surface area contributed by atoms with Gasteiger partial charge >= 0.3 is 5.97 Å². The van der Waals surface area contributed by atoms with Crippen LogP contribution < -0.4 is 0 Å². The maximum Gasteiger partial charge on any atom is 0.335 e. The fourth-order valence-corrected chi connectivity index (χ4v) is 1.65. The molecule has 3 heteroatoms. The zero-order chi connectivity index (χ0) is 10.8. The average molecular weight is 201 g/mol. The zero-order valence-corrected chi connectivity index (χ0v) is 8.40. The summed E-state index contributed by atoms with van der Waals surface area (Å²) in [5.74, 6) is -0.904. The summed E-state index contributed by atoms with van der Waals surface area (Å²) in [6.07, 6.45) is 4.42. The van der Waals surface area contributed by atoms with Gasteiger partial charge in [-0.3, -0.25) is 4.98 Å². The van der Waals surface area contributed by atoms with Crippen LogP contribution in [0.5, 0.6) is 0 Å². The normalized spacial score (nSPS) is 10.5. The molecule has 0 aliphatic heterocycles. The van der Waals surface area contributed by atoms with Crippen molar-refractivity contribution in [3.63, 3.8) is 0 Å². The topological polar surface area (TPSA) is 50.2 Å². The molecule has 2 aromatic rings. The number of carbonyl (C=O) groups is 1. The summed E-state index contributed by atoms with van der Waals surface area (Å²) >= 11 is 0. The number of fused-ring (bicyclic) bond motifs is 1. The fourth-order valence-electron chi connectivity index (χ4n) is 1.65. The molecule has 0 bridgehead atoms. The van der Waals surface area contributed by atoms with E-state index in [1.165, 1.54) is 0 Å². The van der Waals surface area contributed by atoms with Crippen LogP contribution in [0.4, 0.5) is 0 Å². The summed E-state index contributed by atoms with van der Waals surface area (Å²) in [4.78, 5) is 14.9. The molecule has 0 unspecified atom stereocenters. The first kappa shape index (κ1) is 9.65. The standard InChI is InChI=1S/C12H11NO2/c1-2-8-6-13-7-10-5-9(12(14)15)3-4-11(8)10/h3-7H,2H2,1H3,(H,14,15). The van der Waals surface area contributed by atoms with Gasteiger partial charge in [-0.05, 0) is 29.5 Å². The van der Waals surface area contributed by atoms with Gasteiger partial charge in [0.25, 0.3) is 0 Å². The number of carboxylic acids is 1. The minimum absolute atomic E-state index is 0.303. The van der Waals surface area contributed by atoms with Crippen molar-refractivity contribution in [2.75, 3.05) is 0 Å². The van der Waals surface area contributed by atoms with Gasteiger partial charge in [-0.15, -0.1) is 0 Å². The predicted octanol–water partition coefficient (Wildman–Crippen LogP) is 2.50. The molecule has 0 saturated heterocycles. The maximum atomic E-state index is 10.8. The lowest BCUT2D eigenvalue weighted by Crippen LogP contribution is -1.96. The molecule has 1 heterocycles. The Morgan fingerprint density at radius 1 is 1.40 bits per heavy atom. The van der Waals surface area contributed by atoms with Crippen LogP contribution in [0.15, 0.2) is 30.6 Å². The summed E-state index contributed by atoms with van der Waals surface area (Å²) in [6.45, 7) is 2.06. The molecular formula is C12H11NO2. The summed E-state index contributed by atoms with van der Waals surface area (Å²) in [5.41, 5.74) is 1.45. The summed E-state index contributed by atoms with van der Waals surface area (Å²) in [6, 6.07) is 5.13.